The van der Waals surface area contributed by atoms with E-state index in [2.05, 4.69) is 223 Å². The normalized spacial score (nSPS) is 12.9. The summed E-state index contributed by atoms with van der Waals surface area (Å²) in [6.45, 7) is 18.1. The average Bonchev–Trinajstić information content (AvgIpc) is 3.45. The first-order valence-corrected chi connectivity index (χ1v) is 20.9. The van der Waals surface area contributed by atoms with Crippen LogP contribution < -0.4 is 9.80 Å². The Bertz CT molecular complexity index is 3120. The van der Waals surface area contributed by atoms with E-state index in [-0.39, 0.29) is 5.41 Å². The molecule has 0 radical (unpaired) electrons. The molecule has 1 aliphatic carbocycles. The standard InChI is InChI=1S/C57H50N2/c1-35-27-36(2)30-42(29-35)58(51-23-15-9-17-39(51)5)41-25-26-48-49(33-41)44-19-11-13-21-46(44)54-50-34-53(45-20-12-14-22-47(45)55(50)57(7,8)56(48)54)59(52-24-16-10-18-40(52)6)43-31-37(3)28-38(4)32-43/h9-34H,1-8H3. The van der Waals surface area contributed by atoms with Crippen LogP contribution in [0.1, 0.15) is 58.4 Å². The molecule has 0 atom stereocenters. The maximum Gasteiger partial charge on any atom is 0.0546 e. The third kappa shape index (κ3) is 5.84. The molecule has 59 heavy (non-hydrogen) atoms. The molecule has 0 unspecified atom stereocenters. The van der Waals surface area contributed by atoms with Crippen molar-refractivity contribution in [1.29, 1.82) is 0 Å². The Balaban J connectivity index is 1.28. The van der Waals surface area contributed by atoms with Gasteiger partial charge in [-0.25, -0.2) is 0 Å². The largest absolute Gasteiger partial charge is 0.310 e. The Morgan fingerprint density at radius 2 is 0.814 bits per heavy atom. The van der Waals surface area contributed by atoms with E-state index in [0.29, 0.717) is 0 Å². The highest BCUT2D eigenvalue weighted by Crippen LogP contribution is 2.59. The lowest BCUT2D eigenvalue weighted by Gasteiger charge is -2.31. The lowest BCUT2D eigenvalue weighted by molar-refractivity contribution is 0.672. The maximum absolute atomic E-state index is 2.52. The van der Waals surface area contributed by atoms with Crippen LogP contribution in [0.4, 0.5) is 34.1 Å². The van der Waals surface area contributed by atoms with E-state index >= 15 is 0 Å². The highest BCUT2D eigenvalue weighted by Gasteiger charge is 2.41. The number of para-hydroxylation sites is 2. The van der Waals surface area contributed by atoms with E-state index in [1.165, 1.54) is 116 Å². The van der Waals surface area contributed by atoms with Crippen molar-refractivity contribution < 1.29 is 0 Å². The van der Waals surface area contributed by atoms with E-state index < -0.39 is 0 Å². The number of aryl methyl sites for hydroxylation is 6. The molecule has 10 rings (SSSR count). The number of fused-ring (bicyclic) bond motifs is 10. The number of nitrogens with zero attached hydrogens (tertiary/aromatic N) is 2. The molecule has 0 fully saturated rings. The topological polar surface area (TPSA) is 6.48 Å². The predicted molar refractivity (Wildman–Crippen MR) is 254 cm³/mol. The first-order valence-electron chi connectivity index (χ1n) is 20.9. The zero-order valence-corrected chi connectivity index (χ0v) is 35.4. The van der Waals surface area contributed by atoms with Gasteiger partial charge < -0.3 is 9.80 Å². The smallest absolute Gasteiger partial charge is 0.0546 e. The molecule has 0 aromatic heterocycles. The summed E-state index contributed by atoms with van der Waals surface area (Å²) in [5.41, 5.74) is 19.8. The molecule has 0 saturated heterocycles. The van der Waals surface area contributed by atoms with E-state index in [9.17, 15) is 0 Å². The van der Waals surface area contributed by atoms with E-state index in [1.807, 2.05) is 0 Å². The van der Waals surface area contributed by atoms with Crippen molar-refractivity contribution >= 4 is 66.4 Å². The van der Waals surface area contributed by atoms with Crippen LogP contribution >= 0.6 is 0 Å². The molecule has 2 heteroatoms. The monoisotopic (exact) mass is 762 g/mol. The second-order valence-electron chi connectivity index (χ2n) is 17.4. The Labute approximate surface area is 349 Å². The lowest BCUT2D eigenvalue weighted by atomic mass is 9.77. The van der Waals surface area contributed by atoms with Gasteiger partial charge in [-0.2, -0.15) is 0 Å². The summed E-state index contributed by atoms with van der Waals surface area (Å²) in [6, 6.07) is 59.3. The molecule has 0 bridgehead atoms. The fraction of sp³-hybridized carbons (Fsp3) is 0.158. The first kappa shape index (κ1) is 36.7. The van der Waals surface area contributed by atoms with Gasteiger partial charge in [-0.1, -0.05) is 117 Å². The summed E-state index contributed by atoms with van der Waals surface area (Å²) in [5.74, 6) is 0. The summed E-state index contributed by atoms with van der Waals surface area (Å²) in [5, 5.41) is 7.72. The SMILES string of the molecule is Cc1cc(C)cc(N(c2ccc3c4c(c5ccccc5c3c2)-c2cc(N(c3cc(C)cc(C)c3)c3ccccc3C)c3ccccc3c2C4(C)C)c2ccccc2C)c1. The van der Waals surface area contributed by atoms with Crippen LogP contribution in [0.3, 0.4) is 0 Å². The molecule has 0 aliphatic heterocycles. The van der Waals surface area contributed by atoms with Crippen LogP contribution in [0.5, 0.6) is 0 Å². The Hall–Kier alpha value is -6.64. The van der Waals surface area contributed by atoms with E-state index in [4.69, 9.17) is 0 Å². The van der Waals surface area contributed by atoms with Crippen LogP contribution in [0, 0.1) is 41.5 Å². The molecule has 0 amide bonds. The predicted octanol–water partition coefficient (Wildman–Crippen LogP) is 16.2. The van der Waals surface area contributed by atoms with Crippen molar-refractivity contribution in [3.8, 4) is 11.1 Å². The minimum Gasteiger partial charge on any atom is -0.310 e. The Morgan fingerprint density at radius 3 is 1.41 bits per heavy atom. The van der Waals surface area contributed by atoms with Gasteiger partial charge in [0.05, 0.1) is 5.69 Å². The molecule has 0 heterocycles. The highest BCUT2D eigenvalue weighted by molar-refractivity contribution is 6.21. The third-order valence-corrected chi connectivity index (χ3v) is 12.7. The molecule has 288 valence electrons. The first-order chi connectivity index (χ1) is 28.5. The van der Waals surface area contributed by atoms with Crippen LogP contribution in [0.2, 0.25) is 0 Å². The van der Waals surface area contributed by atoms with E-state index in [0.717, 1.165) is 5.69 Å². The molecular weight excluding hydrogens is 713 g/mol. The van der Waals surface area contributed by atoms with Crippen LogP contribution in [-0.2, 0) is 5.41 Å². The van der Waals surface area contributed by atoms with Crippen molar-refractivity contribution in [2.45, 2.75) is 60.8 Å². The molecule has 0 spiro atoms. The molecule has 1 aliphatic rings. The van der Waals surface area contributed by atoms with Gasteiger partial charge in [0.1, 0.15) is 0 Å². The molecule has 9 aromatic rings. The van der Waals surface area contributed by atoms with Gasteiger partial charge in [-0.3, -0.25) is 0 Å². The highest BCUT2D eigenvalue weighted by atomic mass is 15.2. The fourth-order valence-electron chi connectivity index (χ4n) is 10.4. The number of benzene rings is 9. The van der Waals surface area contributed by atoms with Gasteiger partial charge >= 0.3 is 0 Å². The summed E-state index contributed by atoms with van der Waals surface area (Å²) < 4.78 is 0. The average molecular weight is 763 g/mol. The zero-order valence-electron chi connectivity index (χ0n) is 35.4. The minimum atomic E-state index is -0.274. The van der Waals surface area contributed by atoms with Gasteiger partial charge in [0.15, 0.2) is 0 Å². The molecular formula is C57H50N2. The second-order valence-corrected chi connectivity index (χ2v) is 17.4. The van der Waals surface area contributed by atoms with Crippen LogP contribution in [0.25, 0.3) is 43.4 Å². The van der Waals surface area contributed by atoms with Crippen molar-refractivity contribution in [3.63, 3.8) is 0 Å². The molecule has 0 N–H and O–H groups in total. The van der Waals surface area contributed by atoms with Crippen LogP contribution in [0.15, 0.2) is 158 Å². The quantitative estimate of drug-likeness (QED) is 0.156. The van der Waals surface area contributed by atoms with Gasteiger partial charge in [-0.15, -0.1) is 0 Å². The summed E-state index contributed by atoms with van der Waals surface area (Å²) in [6.07, 6.45) is 0. The maximum atomic E-state index is 2.52. The second kappa shape index (κ2) is 13.7. The number of rotatable bonds is 6. The summed E-state index contributed by atoms with van der Waals surface area (Å²) in [7, 11) is 0. The minimum absolute atomic E-state index is 0.274. The number of anilines is 6. The van der Waals surface area contributed by atoms with E-state index in [1.54, 1.807) is 0 Å². The van der Waals surface area contributed by atoms with Crippen molar-refractivity contribution in [2.75, 3.05) is 9.80 Å². The van der Waals surface area contributed by atoms with Gasteiger partial charge in [-0.05, 0) is 179 Å². The van der Waals surface area contributed by atoms with Crippen LogP contribution in [-0.4, -0.2) is 0 Å². The summed E-state index contributed by atoms with van der Waals surface area (Å²) >= 11 is 0. The van der Waals surface area contributed by atoms with Crippen molar-refractivity contribution in [2.24, 2.45) is 0 Å². The summed E-state index contributed by atoms with van der Waals surface area (Å²) in [4.78, 5) is 4.95. The lowest BCUT2D eigenvalue weighted by Crippen LogP contribution is -2.17. The zero-order chi connectivity index (χ0) is 40.7. The van der Waals surface area contributed by atoms with Gasteiger partial charge in [0, 0.05) is 39.2 Å². The van der Waals surface area contributed by atoms with Gasteiger partial charge in [0.2, 0.25) is 0 Å². The molecule has 0 saturated carbocycles. The Kier molecular flexibility index (Phi) is 8.54. The Morgan fingerprint density at radius 1 is 0.339 bits per heavy atom. The van der Waals surface area contributed by atoms with Crippen molar-refractivity contribution in [3.05, 3.63) is 202 Å². The fourth-order valence-corrected chi connectivity index (χ4v) is 10.4. The molecule has 9 aromatic carbocycles. The molecule has 2 nitrogen and oxygen atoms in total. The third-order valence-electron chi connectivity index (χ3n) is 12.7. The van der Waals surface area contributed by atoms with Gasteiger partial charge in [0.25, 0.3) is 0 Å². The number of hydrogen-bond donors (Lipinski definition) is 0. The number of hydrogen-bond acceptors (Lipinski definition) is 2. The van der Waals surface area contributed by atoms with Crippen molar-refractivity contribution in [1.82, 2.24) is 0 Å².